The van der Waals surface area contributed by atoms with Crippen molar-refractivity contribution in [3.8, 4) is 22.8 Å². The van der Waals surface area contributed by atoms with E-state index >= 15 is 0 Å². The van der Waals surface area contributed by atoms with Gasteiger partial charge < -0.3 is 4.57 Å². The second-order valence-corrected chi connectivity index (χ2v) is 6.71. The number of fused-ring (bicyclic) bond motifs is 2. The average Bonchev–Trinajstić information content (AvgIpc) is 3.30. The zero-order valence-corrected chi connectivity index (χ0v) is 13.5. The average molecular weight is 313 g/mol. The molecule has 1 aliphatic carbocycles. The third kappa shape index (κ3) is 2.28. The molecule has 5 rings (SSSR count). The zero-order valence-electron chi connectivity index (χ0n) is 13.5. The summed E-state index contributed by atoms with van der Waals surface area (Å²) in [6.07, 6.45) is 9.57. The molecule has 0 bridgehead atoms. The van der Waals surface area contributed by atoms with E-state index in [0.29, 0.717) is 6.04 Å². The Kier molecular flexibility index (Phi) is 3.12. The first-order valence-corrected chi connectivity index (χ1v) is 8.71. The topological polar surface area (TPSA) is 30.7 Å². The summed E-state index contributed by atoms with van der Waals surface area (Å²) in [4.78, 5) is 9.52. The van der Waals surface area contributed by atoms with Crippen molar-refractivity contribution >= 4 is 10.8 Å². The van der Waals surface area contributed by atoms with E-state index in [1.165, 1.54) is 36.5 Å². The van der Waals surface area contributed by atoms with Gasteiger partial charge in [0, 0.05) is 24.0 Å². The Labute approximate surface area is 141 Å². The Bertz CT molecular complexity index is 979. The van der Waals surface area contributed by atoms with Gasteiger partial charge in [-0.3, -0.25) is 0 Å². The fourth-order valence-corrected chi connectivity index (χ4v) is 3.81. The molecule has 2 aliphatic heterocycles. The highest BCUT2D eigenvalue weighted by molar-refractivity contribution is 5.86. The number of imidazole rings is 1. The van der Waals surface area contributed by atoms with E-state index in [4.69, 9.17) is 9.97 Å². The van der Waals surface area contributed by atoms with Crippen LogP contribution >= 0.6 is 0 Å². The van der Waals surface area contributed by atoms with Crippen LogP contribution in [0.5, 0.6) is 0 Å². The van der Waals surface area contributed by atoms with Crippen LogP contribution in [0.25, 0.3) is 33.5 Å². The predicted octanol–water partition coefficient (Wildman–Crippen LogP) is 5.32. The molecule has 0 radical (unpaired) electrons. The smallest absolute Gasteiger partial charge is 0.160 e. The highest BCUT2D eigenvalue weighted by atomic mass is 15.0. The van der Waals surface area contributed by atoms with Gasteiger partial charge in [-0.05, 0) is 35.7 Å². The molecule has 0 unspecified atom stereocenters. The summed E-state index contributed by atoms with van der Waals surface area (Å²) in [6, 6.07) is 17.6. The molecule has 1 fully saturated rings. The maximum Gasteiger partial charge on any atom is 0.160 e. The number of hydrogen-bond acceptors (Lipinski definition) is 2. The molecule has 3 aliphatic rings. The maximum absolute atomic E-state index is 4.79. The molecule has 1 saturated carbocycles. The zero-order chi connectivity index (χ0) is 15.9. The normalized spacial score (nSPS) is 15.5. The van der Waals surface area contributed by atoms with Gasteiger partial charge in [0.05, 0.1) is 5.69 Å². The number of hydrogen-bond donors (Lipinski definition) is 0. The SMILES string of the molecule is c1ccc2cc(-c3nc4ccn(C5CCCC5)cc-4n3)ccc2c1. The molecule has 0 saturated heterocycles. The van der Waals surface area contributed by atoms with Crippen molar-refractivity contribution in [2.45, 2.75) is 31.7 Å². The lowest BCUT2D eigenvalue weighted by molar-refractivity contribution is 0.516. The van der Waals surface area contributed by atoms with Crippen LogP contribution in [-0.4, -0.2) is 14.5 Å². The lowest BCUT2D eigenvalue weighted by Gasteiger charge is -2.14. The van der Waals surface area contributed by atoms with Crippen LogP contribution in [0.4, 0.5) is 0 Å². The molecule has 0 amide bonds. The molecule has 0 atom stereocenters. The largest absolute Gasteiger partial charge is 0.349 e. The number of pyridine rings is 1. The van der Waals surface area contributed by atoms with Crippen molar-refractivity contribution < 1.29 is 0 Å². The van der Waals surface area contributed by atoms with Gasteiger partial charge in [0.25, 0.3) is 0 Å². The van der Waals surface area contributed by atoms with E-state index in [-0.39, 0.29) is 0 Å². The minimum absolute atomic E-state index is 0.634. The summed E-state index contributed by atoms with van der Waals surface area (Å²) in [6.45, 7) is 0. The third-order valence-corrected chi connectivity index (χ3v) is 5.15. The minimum Gasteiger partial charge on any atom is -0.349 e. The fourth-order valence-electron chi connectivity index (χ4n) is 3.81. The van der Waals surface area contributed by atoms with Crippen molar-refractivity contribution in [2.24, 2.45) is 0 Å². The van der Waals surface area contributed by atoms with E-state index < -0.39 is 0 Å². The first kappa shape index (κ1) is 13.7. The second kappa shape index (κ2) is 5.45. The fraction of sp³-hybridized carbons (Fsp3) is 0.238. The maximum atomic E-state index is 4.79. The summed E-state index contributed by atoms with van der Waals surface area (Å²) in [5, 5.41) is 2.47. The van der Waals surface area contributed by atoms with Gasteiger partial charge in [0.15, 0.2) is 5.82 Å². The van der Waals surface area contributed by atoms with Gasteiger partial charge in [-0.15, -0.1) is 0 Å². The highest BCUT2D eigenvalue weighted by Gasteiger charge is 2.18. The van der Waals surface area contributed by atoms with Crippen LogP contribution in [0.15, 0.2) is 60.9 Å². The molecule has 24 heavy (non-hydrogen) atoms. The summed E-state index contributed by atoms with van der Waals surface area (Å²) >= 11 is 0. The van der Waals surface area contributed by atoms with E-state index in [1.54, 1.807) is 0 Å². The lowest BCUT2D eigenvalue weighted by Crippen LogP contribution is -2.04. The summed E-state index contributed by atoms with van der Waals surface area (Å²) in [7, 11) is 0. The molecule has 2 heterocycles. The Hall–Kier alpha value is -2.68. The van der Waals surface area contributed by atoms with Crippen LogP contribution in [0.1, 0.15) is 31.7 Å². The van der Waals surface area contributed by atoms with Crippen LogP contribution in [0.3, 0.4) is 0 Å². The van der Waals surface area contributed by atoms with Crippen molar-refractivity contribution in [3.63, 3.8) is 0 Å². The third-order valence-electron chi connectivity index (χ3n) is 5.15. The molecule has 0 spiro atoms. The number of nitrogens with zero attached hydrogens (tertiary/aromatic N) is 3. The standard InChI is InChI=1S/C21H19N3/c1-2-6-16-13-17(10-9-15(16)5-1)21-22-19-11-12-24(14-20(19)23-21)18-7-3-4-8-18/h1-2,5-6,9-14,18H,3-4,7-8H2. The Morgan fingerprint density at radius 3 is 2.50 bits per heavy atom. The van der Waals surface area contributed by atoms with Crippen LogP contribution < -0.4 is 0 Å². The van der Waals surface area contributed by atoms with Crippen LogP contribution in [-0.2, 0) is 0 Å². The Morgan fingerprint density at radius 2 is 1.62 bits per heavy atom. The van der Waals surface area contributed by atoms with E-state index in [9.17, 15) is 0 Å². The van der Waals surface area contributed by atoms with E-state index in [2.05, 4.69) is 65.5 Å². The summed E-state index contributed by atoms with van der Waals surface area (Å²) in [5.41, 5.74) is 3.05. The molecule has 3 heteroatoms. The molecule has 2 aromatic carbocycles. The van der Waals surface area contributed by atoms with Gasteiger partial charge in [-0.2, -0.15) is 0 Å². The van der Waals surface area contributed by atoms with Gasteiger partial charge >= 0.3 is 0 Å². The van der Waals surface area contributed by atoms with Crippen LogP contribution in [0.2, 0.25) is 0 Å². The highest BCUT2D eigenvalue weighted by Crippen LogP contribution is 2.32. The summed E-state index contributed by atoms with van der Waals surface area (Å²) in [5.74, 6) is 0.819. The van der Waals surface area contributed by atoms with Crippen molar-refractivity contribution in [1.82, 2.24) is 14.5 Å². The van der Waals surface area contributed by atoms with Crippen molar-refractivity contribution in [3.05, 3.63) is 60.9 Å². The molecule has 3 nitrogen and oxygen atoms in total. The van der Waals surface area contributed by atoms with Gasteiger partial charge in [-0.25, -0.2) is 9.97 Å². The number of aromatic nitrogens is 3. The Morgan fingerprint density at radius 1 is 0.833 bits per heavy atom. The lowest BCUT2D eigenvalue weighted by atomic mass is 10.1. The number of benzene rings is 2. The van der Waals surface area contributed by atoms with Gasteiger partial charge in [-0.1, -0.05) is 49.2 Å². The Balaban J connectivity index is 1.57. The number of rotatable bonds is 2. The molecular weight excluding hydrogens is 294 g/mol. The molecular formula is C21H19N3. The minimum atomic E-state index is 0.634. The predicted molar refractivity (Wildman–Crippen MR) is 97.1 cm³/mol. The first-order valence-electron chi connectivity index (χ1n) is 8.71. The molecule has 0 N–H and O–H groups in total. The molecule has 2 aromatic rings. The van der Waals surface area contributed by atoms with Crippen LogP contribution in [0, 0.1) is 0 Å². The van der Waals surface area contributed by atoms with E-state index in [0.717, 1.165) is 22.8 Å². The van der Waals surface area contributed by atoms with Crippen molar-refractivity contribution in [2.75, 3.05) is 0 Å². The van der Waals surface area contributed by atoms with E-state index in [1.807, 2.05) is 0 Å². The van der Waals surface area contributed by atoms with Gasteiger partial charge in [0.1, 0.15) is 5.69 Å². The molecule has 0 aromatic heterocycles. The summed E-state index contributed by atoms with van der Waals surface area (Å²) < 4.78 is 2.33. The molecule has 118 valence electrons. The van der Waals surface area contributed by atoms with Gasteiger partial charge in [0.2, 0.25) is 0 Å². The van der Waals surface area contributed by atoms with Crippen molar-refractivity contribution in [1.29, 1.82) is 0 Å². The monoisotopic (exact) mass is 313 g/mol. The first-order chi connectivity index (χ1) is 11.9. The quantitative estimate of drug-likeness (QED) is 0.501. The second-order valence-electron chi connectivity index (χ2n) is 6.71.